The molecule has 0 bridgehead atoms. The van der Waals surface area contributed by atoms with Gasteiger partial charge in [0.1, 0.15) is 0 Å². The maximum atomic E-state index is 5.30. The van der Waals surface area contributed by atoms with Gasteiger partial charge in [-0.1, -0.05) is 13.2 Å². The van der Waals surface area contributed by atoms with E-state index in [0.29, 0.717) is 6.92 Å². The molecule has 0 aliphatic carbocycles. The zero-order valence-corrected chi connectivity index (χ0v) is 4.81. The normalized spacial score (nSPS) is 21.0. The lowest BCUT2D eigenvalue weighted by atomic mass is 9.63. The van der Waals surface area contributed by atoms with Gasteiger partial charge in [-0.15, -0.1) is 0 Å². The average molecular weight is 98.0 g/mol. The molecular formula is C5H11BO. The summed E-state index contributed by atoms with van der Waals surface area (Å²) in [6.07, 6.45) is 3.76. The lowest BCUT2D eigenvalue weighted by molar-refractivity contribution is 0.360. The second-order valence-electron chi connectivity index (χ2n) is 2.04. The van der Waals surface area contributed by atoms with E-state index in [1.807, 2.05) is 0 Å². The molecule has 0 saturated carbocycles. The predicted molar refractivity (Wildman–Crippen MR) is 31.6 cm³/mol. The molecule has 1 aliphatic heterocycles. The van der Waals surface area contributed by atoms with E-state index in [1.165, 1.54) is 19.1 Å². The molecule has 0 unspecified atom stereocenters. The van der Waals surface area contributed by atoms with Crippen molar-refractivity contribution in [2.45, 2.75) is 26.0 Å². The molecule has 0 aromatic rings. The fraction of sp³-hybridized carbons (Fsp3) is 1.00. The highest BCUT2D eigenvalue weighted by Crippen LogP contribution is 2.11. The van der Waals surface area contributed by atoms with Crippen LogP contribution < -0.4 is 0 Å². The Morgan fingerprint density at radius 2 is 2.57 bits per heavy atom. The third-order valence-corrected chi connectivity index (χ3v) is 1.48. The molecular weight excluding hydrogens is 86.9 g/mol. The van der Waals surface area contributed by atoms with Crippen LogP contribution in [-0.2, 0) is 4.65 Å². The van der Waals surface area contributed by atoms with E-state index in [9.17, 15) is 0 Å². The van der Waals surface area contributed by atoms with Gasteiger partial charge in [-0.2, -0.15) is 0 Å². The molecule has 0 atom stereocenters. The lowest BCUT2D eigenvalue weighted by Gasteiger charge is -1.95. The summed E-state index contributed by atoms with van der Waals surface area (Å²) in [6, 6.07) is 0. The van der Waals surface area contributed by atoms with Crippen LogP contribution in [0.2, 0.25) is 12.6 Å². The summed E-state index contributed by atoms with van der Waals surface area (Å²) in [5, 5.41) is 0. The van der Waals surface area contributed by atoms with E-state index in [2.05, 4.69) is 6.92 Å². The van der Waals surface area contributed by atoms with Gasteiger partial charge in [0.2, 0.25) is 0 Å². The summed E-state index contributed by atoms with van der Waals surface area (Å²) >= 11 is 0. The smallest absolute Gasteiger partial charge is 0.292 e. The van der Waals surface area contributed by atoms with Gasteiger partial charge in [0, 0.05) is 6.61 Å². The molecule has 40 valence electrons. The quantitative estimate of drug-likeness (QED) is 0.450. The minimum Gasteiger partial charge on any atom is -0.436 e. The van der Waals surface area contributed by atoms with Crippen molar-refractivity contribution in [3.63, 3.8) is 0 Å². The zero-order valence-electron chi connectivity index (χ0n) is 4.81. The number of hydrogen-bond acceptors (Lipinski definition) is 1. The highest BCUT2D eigenvalue weighted by Gasteiger charge is 2.17. The van der Waals surface area contributed by atoms with Crippen LogP contribution in [-0.4, -0.2) is 13.5 Å². The molecule has 1 heterocycles. The van der Waals surface area contributed by atoms with Crippen LogP contribution in [0, 0.1) is 0 Å². The SMILES string of the molecule is CCB1CCCO1. The Hall–Kier alpha value is 0.0249. The Labute approximate surface area is 45.2 Å². The summed E-state index contributed by atoms with van der Waals surface area (Å²) < 4.78 is 5.30. The Balaban J connectivity index is 2.14. The first kappa shape index (κ1) is 5.17. The van der Waals surface area contributed by atoms with Gasteiger partial charge in [0.25, 0.3) is 6.92 Å². The summed E-state index contributed by atoms with van der Waals surface area (Å²) in [6.45, 7) is 3.77. The highest BCUT2D eigenvalue weighted by atomic mass is 16.4. The Morgan fingerprint density at radius 3 is 2.86 bits per heavy atom. The third-order valence-electron chi connectivity index (χ3n) is 1.48. The molecule has 1 aliphatic rings. The second-order valence-corrected chi connectivity index (χ2v) is 2.04. The van der Waals surface area contributed by atoms with Crippen molar-refractivity contribution in [1.82, 2.24) is 0 Å². The molecule has 2 heteroatoms. The lowest BCUT2D eigenvalue weighted by Crippen LogP contribution is -2.06. The van der Waals surface area contributed by atoms with E-state index >= 15 is 0 Å². The predicted octanol–water partition coefficient (Wildman–Crippen LogP) is 1.42. The van der Waals surface area contributed by atoms with E-state index in [0.717, 1.165) is 6.61 Å². The number of rotatable bonds is 1. The third kappa shape index (κ3) is 1.20. The van der Waals surface area contributed by atoms with Crippen molar-refractivity contribution in [3.8, 4) is 0 Å². The van der Waals surface area contributed by atoms with Gasteiger partial charge in [-0.25, -0.2) is 0 Å². The Kier molecular flexibility index (Phi) is 1.74. The topological polar surface area (TPSA) is 9.23 Å². The van der Waals surface area contributed by atoms with Gasteiger partial charge < -0.3 is 4.65 Å². The van der Waals surface area contributed by atoms with E-state index in [4.69, 9.17) is 4.65 Å². The van der Waals surface area contributed by atoms with Crippen molar-refractivity contribution < 1.29 is 4.65 Å². The molecule has 0 N–H and O–H groups in total. The van der Waals surface area contributed by atoms with E-state index < -0.39 is 0 Å². The van der Waals surface area contributed by atoms with Crippen LogP contribution in [0.3, 0.4) is 0 Å². The summed E-state index contributed by atoms with van der Waals surface area (Å²) in [7, 11) is 0. The molecule has 0 aromatic heterocycles. The largest absolute Gasteiger partial charge is 0.436 e. The molecule has 0 spiro atoms. The molecule has 0 aromatic carbocycles. The Bertz CT molecular complexity index is 50.0. The van der Waals surface area contributed by atoms with E-state index in [1.54, 1.807) is 0 Å². The van der Waals surface area contributed by atoms with Crippen molar-refractivity contribution in [2.75, 3.05) is 6.61 Å². The van der Waals surface area contributed by atoms with Crippen molar-refractivity contribution >= 4 is 6.92 Å². The van der Waals surface area contributed by atoms with Crippen molar-refractivity contribution in [1.29, 1.82) is 0 Å². The average Bonchev–Trinajstić information content (AvgIpc) is 2.14. The molecule has 1 nitrogen and oxygen atoms in total. The molecule has 0 amide bonds. The minimum atomic E-state index is 0.597. The maximum absolute atomic E-state index is 5.30. The second kappa shape index (κ2) is 2.36. The first-order valence-electron chi connectivity index (χ1n) is 3.05. The van der Waals surface area contributed by atoms with Crippen LogP contribution >= 0.6 is 0 Å². The van der Waals surface area contributed by atoms with Crippen molar-refractivity contribution in [3.05, 3.63) is 0 Å². The molecule has 1 fully saturated rings. The van der Waals surface area contributed by atoms with Gasteiger partial charge >= 0.3 is 0 Å². The van der Waals surface area contributed by atoms with Gasteiger partial charge in [0.05, 0.1) is 0 Å². The molecule has 0 radical (unpaired) electrons. The van der Waals surface area contributed by atoms with Gasteiger partial charge in [0.15, 0.2) is 0 Å². The minimum absolute atomic E-state index is 0.597. The van der Waals surface area contributed by atoms with E-state index in [-0.39, 0.29) is 0 Å². The first-order chi connectivity index (χ1) is 3.43. The summed E-state index contributed by atoms with van der Waals surface area (Å²) in [5.74, 6) is 0. The van der Waals surface area contributed by atoms with Crippen LogP contribution in [0.4, 0.5) is 0 Å². The first-order valence-corrected chi connectivity index (χ1v) is 3.05. The van der Waals surface area contributed by atoms with Crippen LogP contribution in [0.15, 0.2) is 0 Å². The highest BCUT2D eigenvalue weighted by molar-refractivity contribution is 6.52. The van der Waals surface area contributed by atoms with Gasteiger partial charge in [-0.3, -0.25) is 0 Å². The Morgan fingerprint density at radius 1 is 1.71 bits per heavy atom. The standard InChI is InChI=1S/C5H11BO/c1-2-6-4-3-5-7-6/h2-5H2,1H3. The molecule has 1 rings (SSSR count). The molecule has 7 heavy (non-hydrogen) atoms. The fourth-order valence-electron chi connectivity index (χ4n) is 0.966. The monoisotopic (exact) mass is 98.1 g/mol. The maximum Gasteiger partial charge on any atom is 0.292 e. The summed E-state index contributed by atoms with van der Waals surface area (Å²) in [4.78, 5) is 0. The van der Waals surface area contributed by atoms with Gasteiger partial charge in [-0.05, 0) is 12.7 Å². The zero-order chi connectivity index (χ0) is 5.11. The van der Waals surface area contributed by atoms with Crippen LogP contribution in [0.25, 0.3) is 0 Å². The van der Waals surface area contributed by atoms with Crippen LogP contribution in [0.5, 0.6) is 0 Å². The summed E-state index contributed by atoms with van der Waals surface area (Å²) in [5.41, 5.74) is 0. The number of hydrogen-bond donors (Lipinski definition) is 0. The van der Waals surface area contributed by atoms with Crippen LogP contribution in [0.1, 0.15) is 13.3 Å². The fourth-order valence-corrected chi connectivity index (χ4v) is 0.966. The van der Waals surface area contributed by atoms with Crippen molar-refractivity contribution in [2.24, 2.45) is 0 Å². The molecule has 1 saturated heterocycles.